The van der Waals surface area contributed by atoms with Crippen molar-refractivity contribution in [2.75, 3.05) is 11.1 Å². The summed E-state index contributed by atoms with van der Waals surface area (Å²) in [7, 11) is 0. The van der Waals surface area contributed by atoms with Gasteiger partial charge in [0.05, 0.1) is 4.92 Å². The first-order valence-electron chi connectivity index (χ1n) is 7.28. The minimum atomic E-state index is -0.464. The van der Waals surface area contributed by atoms with E-state index in [9.17, 15) is 14.9 Å². The minimum absolute atomic E-state index is 0.0116. The largest absolute Gasteiger partial charge is 0.326 e. The van der Waals surface area contributed by atoms with Gasteiger partial charge in [0, 0.05) is 29.1 Å². The van der Waals surface area contributed by atoms with Gasteiger partial charge in [-0.2, -0.15) is 0 Å². The van der Waals surface area contributed by atoms with Crippen molar-refractivity contribution in [3.63, 3.8) is 0 Å². The van der Waals surface area contributed by atoms with Crippen molar-refractivity contribution in [3.8, 4) is 0 Å². The number of aryl methyl sites for hydroxylation is 1. The first-order valence-corrected chi connectivity index (χ1v) is 8.27. The number of nitrogens with one attached hydrogen (secondary N) is 1. The van der Waals surface area contributed by atoms with Crippen molar-refractivity contribution >= 4 is 29.0 Å². The second kappa shape index (κ2) is 8.33. The summed E-state index contributed by atoms with van der Waals surface area (Å²) in [4.78, 5) is 23.1. The number of amides is 1. The standard InChI is InChI=1S/C17H18N2O3S/c1-13-4-10-16(11-5-13)23-12-2-3-17(20)18-14-6-8-15(9-7-14)19(21)22/h4-11H,2-3,12H2,1H3,(H,18,20). The molecule has 2 rings (SSSR count). The molecule has 0 saturated heterocycles. The lowest BCUT2D eigenvalue weighted by atomic mass is 10.2. The molecular formula is C17H18N2O3S. The Balaban J connectivity index is 1.70. The summed E-state index contributed by atoms with van der Waals surface area (Å²) < 4.78 is 0. The molecule has 0 spiro atoms. The molecule has 5 nitrogen and oxygen atoms in total. The zero-order valence-corrected chi connectivity index (χ0v) is 13.6. The summed E-state index contributed by atoms with van der Waals surface area (Å²) in [5.74, 6) is 0.792. The highest BCUT2D eigenvalue weighted by Gasteiger charge is 2.06. The molecule has 1 N–H and O–H groups in total. The van der Waals surface area contributed by atoms with Crippen molar-refractivity contribution in [1.29, 1.82) is 0 Å². The fourth-order valence-corrected chi connectivity index (χ4v) is 2.80. The van der Waals surface area contributed by atoms with Gasteiger partial charge in [0.1, 0.15) is 0 Å². The summed E-state index contributed by atoms with van der Waals surface area (Å²) in [6, 6.07) is 14.1. The van der Waals surface area contributed by atoms with Gasteiger partial charge in [-0.15, -0.1) is 11.8 Å². The molecule has 0 heterocycles. The van der Waals surface area contributed by atoms with Crippen LogP contribution in [-0.2, 0) is 4.79 Å². The Bertz CT molecular complexity index is 669. The van der Waals surface area contributed by atoms with Crippen molar-refractivity contribution in [3.05, 3.63) is 64.2 Å². The Morgan fingerprint density at radius 1 is 1.13 bits per heavy atom. The molecule has 0 fully saturated rings. The van der Waals surface area contributed by atoms with E-state index < -0.39 is 4.92 Å². The zero-order valence-electron chi connectivity index (χ0n) is 12.8. The number of nitrogens with zero attached hydrogens (tertiary/aromatic N) is 1. The van der Waals surface area contributed by atoms with Gasteiger partial charge in [-0.3, -0.25) is 14.9 Å². The average molecular weight is 330 g/mol. The molecular weight excluding hydrogens is 312 g/mol. The van der Waals surface area contributed by atoms with Crippen molar-refractivity contribution in [2.45, 2.75) is 24.7 Å². The number of benzene rings is 2. The normalized spacial score (nSPS) is 10.3. The Kier molecular flexibility index (Phi) is 6.17. The van der Waals surface area contributed by atoms with Crippen LogP contribution in [0.5, 0.6) is 0 Å². The Morgan fingerprint density at radius 2 is 1.78 bits per heavy atom. The lowest BCUT2D eigenvalue weighted by Crippen LogP contribution is -2.11. The van der Waals surface area contributed by atoms with Gasteiger partial charge in [0.15, 0.2) is 0 Å². The van der Waals surface area contributed by atoms with E-state index >= 15 is 0 Å². The third-order valence-electron chi connectivity index (χ3n) is 3.20. The third-order valence-corrected chi connectivity index (χ3v) is 4.30. The number of thioether (sulfide) groups is 1. The van der Waals surface area contributed by atoms with Crippen LogP contribution in [0.4, 0.5) is 11.4 Å². The maximum Gasteiger partial charge on any atom is 0.269 e. The summed E-state index contributed by atoms with van der Waals surface area (Å²) in [6.45, 7) is 2.05. The molecule has 0 unspecified atom stereocenters. The van der Waals surface area contributed by atoms with Gasteiger partial charge in [0.25, 0.3) is 5.69 Å². The molecule has 0 atom stereocenters. The van der Waals surface area contributed by atoms with Crippen LogP contribution in [0, 0.1) is 17.0 Å². The zero-order chi connectivity index (χ0) is 16.7. The predicted molar refractivity (Wildman–Crippen MR) is 92.9 cm³/mol. The Labute approximate surface area is 139 Å². The number of rotatable bonds is 7. The number of non-ortho nitro benzene ring substituents is 1. The smallest absolute Gasteiger partial charge is 0.269 e. The van der Waals surface area contributed by atoms with Gasteiger partial charge in [-0.1, -0.05) is 17.7 Å². The molecule has 6 heteroatoms. The average Bonchev–Trinajstić information content (AvgIpc) is 2.54. The number of hydrogen-bond donors (Lipinski definition) is 1. The van der Waals surface area contributed by atoms with Crippen LogP contribution in [0.25, 0.3) is 0 Å². The van der Waals surface area contributed by atoms with E-state index in [1.54, 1.807) is 11.8 Å². The molecule has 2 aromatic carbocycles. The topological polar surface area (TPSA) is 72.2 Å². The second-order valence-corrected chi connectivity index (χ2v) is 6.29. The highest BCUT2D eigenvalue weighted by molar-refractivity contribution is 7.99. The van der Waals surface area contributed by atoms with E-state index in [4.69, 9.17) is 0 Å². The number of hydrogen-bond acceptors (Lipinski definition) is 4. The minimum Gasteiger partial charge on any atom is -0.326 e. The van der Waals surface area contributed by atoms with E-state index in [2.05, 4.69) is 36.5 Å². The molecule has 0 saturated carbocycles. The Hall–Kier alpha value is -2.34. The van der Waals surface area contributed by atoms with Gasteiger partial charge in [-0.25, -0.2) is 0 Å². The summed E-state index contributed by atoms with van der Waals surface area (Å²) >= 11 is 1.73. The van der Waals surface area contributed by atoms with Gasteiger partial charge in [0.2, 0.25) is 5.91 Å². The molecule has 0 aromatic heterocycles. The van der Waals surface area contributed by atoms with Crippen LogP contribution >= 0.6 is 11.8 Å². The number of nitro benzene ring substituents is 1. The van der Waals surface area contributed by atoms with Gasteiger partial charge >= 0.3 is 0 Å². The molecule has 0 aliphatic carbocycles. The van der Waals surface area contributed by atoms with Crippen molar-refractivity contribution in [1.82, 2.24) is 0 Å². The highest BCUT2D eigenvalue weighted by atomic mass is 32.2. The first kappa shape index (κ1) is 17.0. The van der Waals surface area contributed by atoms with Gasteiger partial charge in [-0.05, 0) is 43.4 Å². The lowest BCUT2D eigenvalue weighted by molar-refractivity contribution is -0.384. The van der Waals surface area contributed by atoms with E-state index in [0.717, 1.165) is 12.2 Å². The fourth-order valence-electron chi connectivity index (χ4n) is 1.95. The number of nitro groups is 1. The molecule has 2 aromatic rings. The van der Waals surface area contributed by atoms with Crippen LogP contribution in [0.3, 0.4) is 0 Å². The summed E-state index contributed by atoms with van der Waals surface area (Å²) in [5, 5.41) is 13.3. The molecule has 1 amide bonds. The first-order chi connectivity index (χ1) is 11.0. The monoisotopic (exact) mass is 330 g/mol. The van der Waals surface area contributed by atoms with Gasteiger partial charge < -0.3 is 5.32 Å². The van der Waals surface area contributed by atoms with E-state index in [1.165, 1.54) is 34.7 Å². The maximum absolute atomic E-state index is 11.8. The number of carbonyl (C=O) groups excluding carboxylic acids is 1. The number of carbonyl (C=O) groups is 1. The molecule has 0 bridgehead atoms. The molecule has 0 radical (unpaired) electrons. The molecule has 0 aliphatic rings. The predicted octanol–water partition coefficient (Wildman–Crippen LogP) is 4.41. The fraction of sp³-hybridized carbons (Fsp3) is 0.235. The highest BCUT2D eigenvalue weighted by Crippen LogP contribution is 2.20. The van der Waals surface area contributed by atoms with Crippen LogP contribution in [0.15, 0.2) is 53.4 Å². The van der Waals surface area contributed by atoms with Crippen LogP contribution in [0.1, 0.15) is 18.4 Å². The van der Waals surface area contributed by atoms with Crippen LogP contribution in [-0.4, -0.2) is 16.6 Å². The third kappa shape index (κ3) is 5.75. The van der Waals surface area contributed by atoms with Crippen molar-refractivity contribution < 1.29 is 9.72 Å². The lowest BCUT2D eigenvalue weighted by Gasteiger charge is -2.05. The van der Waals surface area contributed by atoms with Crippen molar-refractivity contribution in [2.24, 2.45) is 0 Å². The molecule has 23 heavy (non-hydrogen) atoms. The summed E-state index contributed by atoms with van der Waals surface area (Å²) in [5.41, 5.74) is 1.82. The SMILES string of the molecule is Cc1ccc(SCCCC(=O)Nc2ccc([N+](=O)[O-])cc2)cc1. The van der Waals surface area contributed by atoms with E-state index in [0.29, 0.717) is 12.1 Å². The van der Waals surface area contributed by atoms with Crippen LogP contribution in [0.2, 0.25) is 0 Å². The maximum atomic E-state index is 11.8. The van der Waals surface area contributed by atoms with Crippen LogP contribution < -0.4 is 5.32 Å². The van der Waals surface area contributed by atoms with E-state index in [1.807, 2.05) is 0 Å². The Morgan fingerprint density at radius 3 is 2.39 bits per heavy atom. The number of anilines is 1. The summed E-state index contributed by atoms with van der Waals surface area (Å²) in [6.07, 6.45) is 1.20. The quantitative estimate of drug-likeness (QED) is 0.353. The second-order valence-electron chi connectivity index (χ2n) is 5.12. The molecule has 0 aliphatic heterocycles. The van der Waals surface area contributed by atoms with E-state index in [-0.39, 0.29) is 11.6 Å². The molecule has 120 valence electrons.